The van der Waals surface area contributed by atoms with E-state index in [1.807, 2.05) is 141 Å². The number of imidazole rings is 1. The highest BCUT2D eigenvalue weighted by Gasteiger charge is 2.30. The van der Waals surface area contributed by atoms with Crippen molar-refractivity contribution in [3.63, 3.8) is 0 Å². The first-order chi connectivity index (χ1) is 39.0. The Bertz CT molecular complexity index is 3840. The van der Waals surface area contributed by atoms with E-state index in [0.717, 1.165) is 39.4 Å². The van der Waals surface area contributed by atoms with Crippen LogP contribution in [0.15, 0.2) is 170 Å². The Morgan fingerprint density at radius 2 is 1.20 bits per heavy atom. The molecule has 0 aliphatic carbocycles. The molecule has 0 fully saturated rings. The zero-order chi connectivity index (χ0) is 61.5. The number of aromatic nitrogens is 3. The maximum absolute atomic E-state index is 13.1. The van der Waals surface area contributed by atoms with E-state index in [0.29, 0.717) is 51.7 Å². The molecule has 2 aromatic heterocycles. The van der Waals surface area contributed by atoms with Gasteiger partial charge in [-0.3, -0.25) is 9.55 Å². The third-order valence-corrected chi connectivity index (χ3v) is 12.7. The molecule has 0 aliphatic heterocycles. The molecule has 0 spiro atoms. The SMILES string of the molecule is [2H]C([2H])([2H])C(c1cc(-c2nc3c(-c4cc(-c5ccccc5)cc(-c5cc(-c6ccc(C)cc6)ccn5)c4)cccc3n2-c2ccc(C(C)(C)CC)cc2-c2ccccc2)c(O)c(C(C([2H])([2H])[2H])(C([2H])([2H])[2H])C([2H])([2H])[2H])c1)(C([2H])([2H])[2H])C([2H])([2H])[2H]. The van der Waals surface area contributed by atoms with Gasteiger partial charge in [-0.25, -0.2) is 4.98 Å². The molecular formula is C62H61N3O. The molecule has 0 bridgehead atoms. The van der Waals surface area contributed by atoms with Crippen molar-refractivity contribution >= 4 is 11.0 Å². The third kappa shape index (κ3) is 8.49. The quantitative estimate of drug-likeness (QED) is 0.157. The van der Waals surface area contributed by atoms with Crippen LogP contribution >= 0.6 is 0 Å². The van der Waals surface area contributed by atoms with Crippen molar-refractivity contribution in [2.24, 2.45) is 0 Å². The van der Waals surface area contributed by atoms with Gasteiger partial charge in [-0.05, 0) is 129 Å². The summed E-state index contributed by atoms with van der Waals surface area (Å²) in [6.07, 6.45) is 2.43. The second kappa shape index (κ2) is 17.1. The minimum atomic E-state index is -4.14. The van der Waals surface area contributed by atoms with Gasteiger partial charge in [0.05, 0.1) is 28.0 Å². The summed E-state index contributed by atoms with van der Waals surface area (Å²) >= 11 is 0. The molecule has 0 unspecified atom stereocenters. The largest absolute Gasteiger partial charge is 0.507 e. The zero-order valence-electron chi connectivity index (χ0n) is 55.2. The molecule has 0 saturated heterocycles. The molecule has 0 saturated carbocycles. The summed E-state index contributed by atoms with van der Waals surface area (Å²) < 4.78 is 160. The molecule has 1 N–H and O–H groups in total. The number of para-hydroxylation sites is 1. The second-order valence-electron chi connectivity index (χ2n) is 17.7. The number of nitrogens with zero attached hydrogens (tertiary/aromatic N) is 3. The van der Waals surface area contributed by atoms with E-state index >= 15 is 0 Å². The number of aromatic hydroxyl groups is 1. The van der Waals surface area contributed by atoms with Crippen LogP contribution in [0, 0.1) is 6.92 Å². The summed E-state index contributed by atoms with van der Waals surface area (Å²) in [5.74, 6) is -1.76. The van der Waals surface area contributed by atoms with Crippen molar-refractivity contribution in [2.75, 3.05) is 0 Å². The summed E-state index contributed by atoms with van der Waals surface area (Å²) in [5.41, 5.74) is -2.21. The van der Waals surface area contributed by atoms with Gasteiger partial charge in [0.15, 0.2) is 0 Å². The molecule has 0 atom stereocenters. The minimum Gasteiger partial charge on any atom is -0.507 e. The molecule has 4 heteroatoms. The van der Waals surface area contributed by atoms with Gasteiger partial charge in [-0.1, -0.05) is 177 Å². The molecule has 0 aliphatic rings. The Balaban J connectivity index is 1.50. The van der Waals surface area contributed by atoms with Crippen molar-refractivity contribution in [3.8, 4) is 78.6 Å². The molecule has 330 valence electrons. The molecule has 66 heavy (non-hydrogen) atoms. The van der Waals surface area contributed by atoms with Gasteiger partial charge in [0.2, 0.25) is 0 Å². The van der Waals surface area contributed by atoms with Crippen molar-refractivity contribution in [2.45, 2.75) is 91.5 Å². The lowest BCUT2D eigenvalue weighted by Gasteiger charge is -2.28. The van der Waals surface area contributed by atoms with E-state index in [1.165, 1.54) is 0 Å². The topological polar surface area (TPSA) is 50.9 Å². The molecule has 0 radical (unpaired) electrons. The number of hydrogen-bond donors (Lipinski definition) is 1. The number of pyridine rings is 1. The van der Waals surface area contributed by atoms with Crippen molar-refractivity contribution in [1.29, 1.82) is 0 Å². The maximum atomic E-state index is 13.1. The highest BCUT2D eigenvalue weighted by atomic mass is 16.3. The average molecular weight is 882 g/mol. The van der Waals surface area contributed by atoms with Gasteiger partial charge in [-0.15, -0.1) is 0 Å². The van der Waals surface area contributed by atoms with Crippen LogP contribution in [0.3, 0.4) is 0 Å². The summed E-state index contributed by atoms with van der Waals surface area (Å²) in [4.78, 5) is 10.1. The van der Waals surface area contributed by atoms with Gasteiger partial charge in [0.1, 0.15) is 11.6 Å². The molecule has 7 aromatic carbocycles. The summed E-state index contributed by atoms with van der Waals surface area (Å²) in [7, 11) is 0. The monoisotopic (exact) mass is 882 g/mol. The fourth-order valence-electron chi connectivity index (χ4n) is 8.51. The van der Waals surface area contributed by atoms with Crippen LogP contribution in [0.1, 0.15) is 115 Å². The van der Waals surface area contributed by atoms with Gasteiger partial charge in [0, 0.05) is 53.1 Å². The number of hydrogen-bond acceptors (Lipinski definition) is 3. The summed E-state index contributed by atoms with van der Waals surface area (Å²) in [5, 5.41) is 13.1. The van der Waals surface area contributed by atoms with Crippen LogP contribution in [0.4, 0.5) is 0 Å². The number of rotatable bonds is 9. The number of phenolic OH excluding ortho intramolecular Hbond substituents is 1. The standard InChI is InChI=1S/C62H61N3O/c1-11-62(9,10)48-29-30-55(51(37-48)43-21-16-13-17-22-43)65-56-24-18-23-50(57(56)64-59(65)52-38-49(60(3,4)5)39-53(58(52)66)61(6,7)8)46-33-45(41-19-14-12-15-20-41)34-47(35-46)54-36-44(31-32-63-54)42-27-25-40(2)26-28-42/h12-39,66H,11H2,1-10H3/i3D3,4D3,5D3,6D3,7D3,8D3. The Morgan fingerprint density at radius 3 is 1.89 bits per heavy atom. The first-order valence-corrected chi connectivity index (χ1v) is 21.8. The second-order valence-corrected chi connectivity index (χ2v) is 17.7. The molecular weight excluding hydrogens is 803 g/mol. The Labute approximate surface area is 417 Å². The molecule has 0 amide bonds. The number of fused-ring (bicyclic) bond motifs is 1. The Hall–Kier alpha value is -7.04. The van der Waals surface area contributed by atoms with E-state index in [1.54, 1.807) is 35.0 Å². The highest BCUT2D eigenvalue weighted by Crippen LogP contribution is 2.46. The minimum absolute atomic E-state index is 0.177. The molecule has 4 nitrogen and oxygen atoms in total. The predicted molar refractivity (Wildman–Crippen MR) is 279 cm³/mol. The Morgan fingerprint density at radius 1 is 0.545 bits per heavy atom. The van der Waals surface area contributed by atoms with Crippen LogP contribution in [-0.2, 0) is 16.2 Å². The van der Waals surface area contributed by atoms with Crippen LogP contribution in [0.5, 0.6) is 5.75 Å². The van der Waals surface area contributed by atoms with E-state index < -0.39 is 85.6 Å². The fourth-order valence-corrected chi connectivity index (χ4v) is 8.51. The lowest BCUT2D eigenvalue weighted by Crippen LogP contribution is -2.17. The van der Waals surface area contributed by atoms with Crippen molar-refractivity contribution < 1.29 is 29.8 Å². The van der Waals surface area contributed by atoms with Crippen molar-refractivity contribution in [1.82, 2.24) is 14.5 Å². The maximum Gasteiger partial charge on any atom is 0.149 e. The molecule has 9 aromatic rings. The van der Waals surface area contributed by atoms with Crippen molar-refractivity contribution in [3.05, 3.63) is 192 Å². The number of phenols is 1. The van der Waals surface area contributed by atoms with Crippen LogP contribution in [0.25, 0.3) is 83.9 Å². The van der Waals surface area contributed by atoms with Crippen LogP contribution in [0.2, 0.25) is 0 Å². The first kappa shape index (κ1) is 27.4. The van der Waals surface area contributed by atoms with Gasteiger partial charge < -0.3 is 5.11 Å². The van der Waals surface area contributed by atoms with E-state index in [2.05, 4.69) is 13.8 Å². The van der Waals surface area contributed by atoms with E-state index in [-0.39, 0.29) is 11.0 Å². The normalized spacial score (nSPS) is 17.4. The Kier molecular flexibility index (Phi) is 7.10. The lowest BCUT2D eigenvalue weighted by molar-refractivity contribution is 0.446. The van der Waals surface area contributed by atoms with Gasteiger partial charge >= 0.3 is 0 Å². The van der Waals surface area contributed by atoms with E-state index in [4.69, 9.17) is 34.6 Å². The third-order valence-electron chi connectivity index (χ3n) is 12.7. The fraction of sp³-hybridized carbons (Fsp3) is 0.226. The summed E-state index contributed by atoms with van der Waals surface area (Å²) in [6, 6.07) is 48.5. The molecule has 2 heterocycles. The van der Waals surface area contributed by atoms with Crippen LogP contribution < -0.4 is 0 Å². The molecule has 9 rings (SSSR count). The highest BCUT2D eigenvalue weighted by molar-refractivity contribution is 5.98. The zero-order valence-corrected chi connectivity index (χ0v) is 37.2. The number of aryl methyl sites for hydroxylation is 1. The lowest BCUT2D eigenvalue weighted by atomic mass is 9.78. The first-order valence-electron chi connectivity index (χ1n) is 30.8. The average Bonchev–Trinajstić information content (AvgIpc) is 0.804. The van der Waals surface area contributed by atoms with Gasteiger partial charge in [0.25, 0.3) is 0 Å². The van der Waals surface area contributed by atoms with Gasteiger partial charge in [-0.2, -0.15) is 0 Å². The summed E-state index contributed by atoms with van der Waals surface area (Å²) in [6.45, 7) is -16.4. The smallest absolute Gasteiger partial charge is 0.149 e. The van der Waals surface area contributed by atoms with E-state index in [9.17, 15) is 5.11 Å². The van der Waals surface area contributed by atoms with Crippen LogP contribution in [-0.4, -0.2) is 19.6 Å². The predicted octanol–water partition coefficient (Wildman–Crippen LogP) is 16.7. The number of benzene rings is 7.